The lowest BCUT2D eigenvalue weighted by Crippen LogP contribution is -2.24. The summed E-state index contributed by atoms with van der Waals surface area (Å²) < 4.78 is 7.73. The first-order chi connectivity index (χ1) is 13.5. The van der Waals surface area contributed by atoms with Gasteiger partial charge in [0.25, 0.3) is 0 Å². The Morgan fingerprint density at radius 2 is 2.04 bits per heavy atom. The van der Waals surface area contributed by atoms with Gasteiger partial charge in [-0.2, -0.15) is 0 Å². The minimum atomic E-state index is -1.30. The van der Waals surface area contributed by atoms with Crippen molar-refractivity contribution < 1.29 is 14.6 Å². The van der Waals surface area contributed by atoms with Crippen LogP contribution in [0, 0.1) is 4.64 Å². The Hall–Kier alpha value is -2.77. The first kappa shape index (κ1) is 16.2. The molecule has 6 rings (SSSR count). The molecule has 7 heteroatoms. The van der Waals surface area contributed by atoms with E-state index in [1.807, 2.05) is 22.8 Å². The van der Waals surface area contributed by atoms with Crippen molar-refractivity contribution >= 4 is 34.8 Å². The van der Waals surface area contributed by atoms with Gasteiger partial charge in [0.05, 0.1) is 23.4 Å². The molecule has 0 radical (unpaired) electrons. The Kier molecular flexibility index (Phi) is 3.12. The summed E-state index contributed by atoms with van der Waals surface area (Å²) in [6.07, 6.45) is 1.73. The van der Waals surface area contributed by atoms with Crippen molar-refractivity contribution in [2.24, 2.45) is 0 Å². The maximum Gasteiger partial charge on any atom is 0.340 e. The van der Waals surface area contributed by atoms with Crippen LogP contribution in [0.5, 0.6) is 0 Å². The van der Waals surface area contributed by atoms with Crippen LogP contribution in [0.3, 0.4) is 0 Å². The molecule has 1 aliphatic carbocycles. The van der Waals surface area contributed by atoms with E-state index in [0.717, 1.165) is 41.9 Å². The lowest BCUT2D eigenvalue weighted by Gasteiger charge is -2.22. The van der Waals surface area contributed by atoms with Gasteiger partial charge < -0.3 is 20.1 Å². The molecule has 4 heterocycles. The Labute approximate surface area is 165 Å². The lowest BCUT2D eigenvalue weighted by atomic mass is 9.86. The summed E-state index contributed by atoms with van der Waals surface area (Å²) in [5.74, 6) is -0.633. The molecule has 2 aliphatic heterocycles. The zero-order valence-corrected chi connectivity index (χ0v) is 15.8. The Bertz CT molecular complexity index is 1290. The number of aliphatic hydroxyl groups is 1. The van der Waals surface area contributed by atoms with E-state index in [-0.39, 0.29) is 6.61 Å². The fraction of sp³-hybridized carbons (Fsp3) is 0.286. The number of aliphatic hydroxyl groups excluding tert-OH is 1. The number of hydrogen-bond acceptors (Lipinski definition) is 6. The zero-order chi connectivity index (χ0) is 19.2. The van der Waals surface area contributed by atoms with Gasteiger partial charge in [0, 0.05) is 27.8 Å². The van der Waals surface area contributed by atoms with Gasteiger partial charge in [-0.05, 0) is 48.6 Å². The third-order valence-corrected chi connectivity index (χ3v) is 6.70. The number of benzene rings is 1. The van der Waals surface area contributed by atoms with Gasteiger partial charge in [-0.25, -0.2) is 9.78 Å². The van der Waals surface area contributed by atoms with Crippen LogP contribution in [-0.2, 0) is 35.5 Å². The van der Waals surface area contributed by atoms with Crippen molar-refractivity contribution in [3.8, 4) is 11.4 Å². The number of ether oxygens (including phenoxy) is 1. The monoisotopic (exact) mass is 391 g/mol. The van der Waals surface area contributed by atoms with Crippen molar-refractivity contribution in [2.45, 2.75) is 38.5 Å². The highest BCUT2D eigenvalue weighted by Crippen LogP contribution is 2.43. The van der Waals surface area contributed by atoms with E-state index in [1.165, 1.54) is 22.1 Å². The van der Waals surface area contributed by atoms with Crippen molar-refractivity contribution in [1.29, 1.82) is 0 Å². The van der Waals surface area contributed by atoms with Gasteiger partial charge in [-0.15, -0.1) is 0 Å². The quantitative estimate of drug-likeness (QED) is 0.272. The predicted octanol–water partition coefficient (Wildman–Crippen LogP) is 2.96. The van der Waals surface area contributed by atoms with Crippen molar-refractivity contribution in [1.82, 2.24) is 9.55 Å². The van der Waals surface area contributed by atoms with Gasteiger partial charge >= 0.3 is 5.97 Å². The van der Waals surface area contributed by atoms with Gasteiger partial charge in [-0.1, -0.05) is 12.2 Å². The summed E-state index contributed by atoms with van der Waals surface area (Å²) in [6.45, 7) is 0.747. The molecule has 1 unspecified atom stereocenters. The molecule has 3 N–H and O–H groups in total. The minimum Gasteiger partial charge on any atom is -0.459 e. The van der Waals surface area contributed by atoms with E-state index in [0.29, 0.717) is 22.3 Å². The largest absolute Gasteiger partial charge is 0.459 e. The standard InChI is InChI=1S/C21H17N3O3S/c22-14-4-5-15-17-9(2-1-3-10(14)17)12-7-24-16(18(12)23-15)6-11-13(20(24)28)8-27-21(26)19(11)25/h4-6,19,25H,1-3,7-8,22H2. The number of aryl methyl sites for hydroxylation is 2. The molecule has 1 atom stereocenters. The second-order valence-electron chi connectivity index (χ2n) is 7.66. The number of nitrogens with zero attached hydrogens (tertiary/aromatic N) is 2. The van der Waals surface area contributed by atoms with Crippen LogP contribution in [0.4, 0.5) is 5.69 Å². The van der Waals surface area contributed by atoms with E-state index < -0.39 is 12.1 Å². The smallest absolute Gasteiger partial charge is 0.340 e. The highest BCUT2D eigenvalue weighted by molar-refractivity contribution is 7.71. The third-order valence-electron chi connectivity index (χ3n) is 6.24. The summed E-state index contributed by atoms with van der Waals surface area (Å²) in [5, 5.41) is 11.5. The maximum atomic E-state index is 11.8. The number of aromatic nitrogens is 2. The molecular weight excluding hydrogens is 374 g/mol. The average Bonchev–Trinajstić information content (AvgIpc) is 3.07. The molecule has 0 spiro atoms. The van der Waals surface area contributed by atoms with Crippen LogP contribution >= 0.6 is 12.2 Å². The molecule has 3 aromatic rings. The van der Waals surface area contributed by atoms with E-state index in [2.05, 4.69) is 0 Å². The number of cyclic esters (lactones) is 1. The van der Waals surface area contributed by atoms with Gasteiger partial charge in [0.15, 0.2) is 6.10 Å². The third kappa shape index (κ3) is 1.92. The second-order valence-corrected chi connectivity index (χ2v) is 8.05. The van der Waals surface area contributed by atoms with Crippen LogP contribution in [0.15, 0.2) is 18.2 Å². The van der Waals surface area contributed by atoms with Crippen LogP contribution in [-0.4, -0.2) is 20.6 Å². The summed E-state index contributed by atoms with van der Waals surface area (Å²) >= 11 is 5.70. The normalized spacial score (nSPS) is 19.2. The summed E-state index contributed by atoms with van der Waals surface area (Å²) in [7, 11) is 0. The number of esters is 1. The molecule has 0 bridgehead atoms. The molecule has 0 fully saturated rings. The lowest BCUT2D eigenvalue weighted by molar-refractivity contribution is -0.157. The fourth-order valence-corrected chi connectivity index (χ4v) is 5.23. The second kappa shape index (κ2) is 5.40. The van der Waals surface area contributed by atoms with Crippen LogP contribution in [0.25, 0.3) is 22.3 Å². The zero-order valence-electron chi connectivity index (χ0n) is 15.0. The Morgan fingerprint density at radius 1 is 1.21 bits per heavy atom. The molecule has 0 amide bonds. The van der Waals surface area contributed by atoms with Gasteiger partial charge in [0.1, 0.15) is 11.2 Å². The van der Waals surface area contributed by atoms with Crippen molar-refractivity contribution in [3.05, 3.63) is 50.7 Å². The van der Waals surface area contributed by atoms with Gasteiger partial charge in [-0.3, -0.25) is 0 Å². The maximum absolute atomic E-state index is 11.8. The van der Waals surface area contributed by atoms with Crippen molar-refractivity contribution in [2.75, 3.05) is 5.73 Å². The number of pyridine rings is 2. The van der Waals surface area contributed by atoms with E-state index in [9.17, 15) is 9.90 Å². The minimum absolute atomic E-state index is 0.101. The first-order valence-corrected chi connectivity index (χ1v) is 9.80. The van der Waals surface area contributed by atoms with Gasteiger partial charge in [0.2, 0.25) is 0 Å². The molecule has 28 heavy (non-hydrogen) atoms. The molecule has 0 saturated carbocycles. The van der Waals surface area contributed by atoms with Crippen LogP contribution < -0.4 is 5.73 Å². The number of carbonyl (C=O) groups is 1. The average molecular weight is 391 g/mol. The number of nitrogen functional groups attached to an aromatic ring is 1. The molecule has 2 aromatic heterocycles. The number of anilines is 1. The van der Waals surface area contributed by atoms with E-state index in [1.54, 1.807) is 0 Å². The number of nitrogens with two attached hydrogens (primary N) is 1. The highest BCUT2D eigenvalue weighted by Gasteiger charge is 2.34. The molecule has 3 aliphatic rings. The SMILES string of the molecule is Nc1ccc2nc3c(c4c2c1CCC4)Cn1c-3cc2c(c1=S)COC(=O)C2O. The molecule has 140 valence electrons. The van der Waals surface area contributed by atoms with Crippen molar-refractivity contribution in [3.63, 3.8) is 0 Å². The fourth-order valence-electron chi connectivity index (χ4n) is 4.89. The number of fused-ring (bicyclic) bond motifs is 5. The number of hydrogen-bond donors (Lipinski definition) is 2. The molecular formula is C21H17N3O3S. The summed E-state index contributed by atoms with van der Waals surface area (Å²) in [6, 6.07) is 5.76. The van der Waals surface area contributed by atoms with E-state index in [4.69, 9.17) is 27.7 Å². The molecule has 1 aromatic carbocycles. The molecule has 6 nitrogen and oxygen atoms in total. The topological polar surface area (TPSA) is 90.4 Å². The number of rotatable bonds is 0. The molecule has 0 saturated heterocycles. The highest BCUT2D eigenvalue weighted by atomic mass is 32.1. The number of carbonyl (C=O) groups excluding carboxylic acids is 1. The Morgan fingerprint density at radius 3 is 2.89 bits per heavy atom. The predicted molar refractivity (Wildman–Crippen MR) is 106 cm³/mol. The first-order valence-electron chi connectivity index (χ1n) is 9.39. The Balaban J connectivity index is 1.68. The van der Waals surface area contributed by atoms with E-state index >= 15 is 0 Å². The van der Waals surface area contributed by atoms with Crippen LogP contribution in [0.1, 0.15) is 40.3 Å². The van der Waals surface area contributed by atoms with Crippen LogP contribution in [0.2, 0.25) is 0 Å². The summed E-state index contributed by atoms with van der Waals surface area (Å²) in [4.78, 5) is 16.8. The summed E-state index contributed by atoms with van der Waals surface area (Å²) in [5.41, 5.74) is 14.7.